The van der Waals surface area contributed by atoms with Crippen molar-refractivity contribution in [3.05, 3.63) is 12.4 Å². The Bertz CT molecular complexity index is 385. The van der Waals surface area contributed by atoms with E-state index in [9.17, 15) is 13.2 Å². The lowest BCUT2D eigenvalue weighted by Crippen LogP contribution is -2.39. The van der Waals surface area contributed by atoms with Crippen LogP contribution in [0.15, 0.2) is 12.4 Å². The summed E-state index contributed by atoms with van der Waals surface area (Å²) in [4.78, 5) is 7.38. The molecule has 1 N–H and O–H groups in total. The quantitative estimate of drug-likeness (QED) is 0.815. The van der Waals surface area contributed by atoms with Gasteiger partial charge in [-0.1, -0.05) is 13.8 Å². The minimum Gasteiger partial charge on any atom is -0.386 e. The van der Waals surface area contributed by atoms with Crippen molar-refractivity contribution >= 4 is 17.4 Å². The summed E-state index contributed by atoms with van der Waals surface area (Å²) in [5.41, 5.74) is -0.345. The van der Waals surface area contributed by atoms with E-state index in [0.29, 0.717) is 11.7 Å². The number of hydrogen-bond donors (Lipinski definition) is 1. The molecule has 108 valence electrons. The third kappa shape index (κ3) is 4.74. The van der Waals surface area contributed by atoms with E-state index in [1.54, 1.807) is 0 Å². The van der Waals surface area contributed by atoms with Gasteiger partial charge in [-0.15, -0.1) is 24.8 Å². The van der Waals surface area contributed by atoms with Crippen LogP contribution in [0, 0.1) is 0 Å². The van der Waals surface area contributed by atoms with Gasteiger partial charge in [-0.25, -0.2) is 9.97 Å². The van der Waals surface area contributed by atoms with Crippen molar-refractivity contribution in [2.45, 2.75) is 38.6 Å². The predicted octanol–water partition coefficient (Wildman–Crippen LogP) is 3.58. The minimum atomic E-state index is -4.77. The molecule has 0 fully saturated rings. The van der Waals surface area contributed by atoms with E-state index in [-0.39, 0.29) is 5.54 Å². The minimum absolute atomic E-state index is 0.345. The van der Waals surface area contributed by atoms with E-state index in [0.717, 1.165) is 19.0 Å². The monoisotopic (exact) mass is 297 g/mol. The first-order valence-corrected chi connectivity index (χ1v) is 6.29. The average molecular weight is 298 g/mol. The number of nitrogens with one attached hydrogen (secondary N) is 1. The molecule has 0 aliphatic carbocycles. The van der Waals surface area contributed by atoms with Gasteiger partial charge >= 0.3 is 6.36 Å². The van der Waals surface area contributed by atoms with E-state index in [4.69, 9.17) is 11.6 Å². The molecule has 0 saturated heterocycles. The first-order chi connectivity index (χ1) is 8.84. The Morgan fingerprint density at radius 3 is 2.21 bits per heavy atom. The molecular formula is C11H15ClF3N3O. The number of ether oxygens (including phenoxy) is 1. The standard InChI is InChI=1S/C11H15ClF3N3O/c1-3-10(4-2,7-12)18-8-5-17-9(6-16-8)19-11(13,14)15/h5-6H,3-4,7H2,1-2H3,(H,16,18). The summed E-state index contributed by atoms with van der Waals surface area (Å²) >= 11 is 5.91. The molecule has 0 aliphatic rings. The van der Waals surface area contributed by atoms with Crippen LogP contribution < -0.4 is 10.1 Å². The molecular weight excluding hydrogens is 283 g/mol. The lowest BCUT2D eigenvalue weighted by Gasteiger charge is -2.31. The average Bonchev–Trinajstić information content (AvgIpc) is 2.37. The maximum absolute atomic E-state index is 12.0. The zero-order valence-corrected chi connectivity index (χ0v) is 11.3. The number of alkyl halides is 4. The van der Waals surface area contributed by atoms with Gasteiger partial charge in [0.15, 0.2) is 0 Å². The molecule has 1 aromatic rings. The molecule has 0 aliphatic heterocycles. The predicted molar refractivity (Wildman–Crippen MR) is 66.4 cm³/mol. The Labute approximate surface area is 114 Å². The molecule has 0 radical (unpaired) electrons. The third-order valence-corrected chi connectivity index (χ3v) is 3.36. The molecule has 1 heterocycles. The summed E-state index contributed by atoms with van der Waals surface area (Å²) in [6.45, 7) is 3.93. The van der Waals surface area contributed by atoms with Gasteiger partial charge in [0.2, 0.25) is 5.88 Å². The van der Waals surface area contributed by atoms with Crippen LogP contribution in [0.5, 0.6) is 5.88 Å². The summed E-state index contributed by atoms with van der Waals surface area (Å²) in [6.07, 6.45) is -1.14. The maximum atomic E-state index is 12.0. The lowest BCUT2D eigenvalue weighted by molar-refractivity contribution is -0.276. The van der Waals surface area contributed by atoms with Crippen molar-refractivity contribution in [2.24, 2.45) is 0 Å². The number of nitrogens with zero attached hydrogens (tertiary/aromatic N) is 2. The van der Waals surface area contributed by atoms with Crippen molar-refractivity contribution in [1.82, 2.24) is 9.97 Å². The van der Waals surface area contributed by atoms with Crippen molar-refractivity contribution in [3.8, 4) is 5.88 Å². The normalized spacial score (nSPS) is 12.3. The summed E-state index contributed by atoms with van der Waals surface area (Å²) in [5, 5.41) is 3.09. The smallest absolute Gasteiger partial charge is 0.386 e. The molecule has 0 saturated carbocycles. The van der Waals surface area contributed by atoms with Gasteiger partial charge in [0.25, 0.3) is 0 Å². The van der Waals surface area contributed by atoms with E-state index >= 15 is 0 Å². The van der Waals surface area contributed by atoms with Crippen LogP contribution in [0.25, 0.3) is 0 Å². The number of aromatic nitrogens is 2. The van der Waals surface area contributed by atoms with Crippen LogP contribution in [0.2, 0.25) is 0 Å². The first kappa shape index (κ1) is 15.8. The number of rotatable bonds is 6. The fourth-order valence-electron chi connectivity index (χ4n) is 1.47. The van der Waals surface area contributed by atoms with Crippen LogP contribution in [0.4, 0.5) is 19.0 Å². The molecule has 1 aromatic heterocycles. The molecule has 19 heavy (non-hydrogen) atoms. The van der Waals surface area contributed by atoms with Crippen molar-refractivity contribution in [1.29, 1.82) is 0 Å². The van der Waals surface area contributed by atoms with E-state index in [1.165, 1.54) is 6.20 Å². The van der Waals surface area contributed by atoms with Crippen molar-refractivity contribution in [2.75, 3.05) is 11.2 Å². The second-order valence-electron chi connectivity index (χ2n) is 4.03. The van der Waals surface area contributed by atoms with Gasteiger partial charge in [-0.3, -0.25) is 0 Å². The third-order valence-electron chi connectivity index (χ3n) is 2.85. The van der Waals surface area contributed by atoms with E-state index in [1.807, 2.05) is 13.8 Å². The van der Waals surface area contributed by atoms with E-state index < -0.39 is 12.2 Å². The van der Waals surface area contributed by atoms with Crippen molar-refractivity contribution in [3.63, 3.8) is 0 Å². The molecule has 0 atom stereocenters. The Kier molecular flexibility index (Phi) is 5.22. The van der Waals surface area contributed by atoms with Gasteiger partial charge in [0.05, 0.1) is 17.9 Å². The molecule has 8 heteroatoms. The van der Waals surface area contributed by atoms with E-state index in [2.05, 4.69) is 20.0 Å². The largest absolute Gasteiger partial charge is 0.574 e. The molecule has 4 nitrogen and oxygen atoms in total. The van der Waals surface area contributed by atoms with Gasteiger partial charge in [0, 0.05) is 5.88 Å². The number of anilines is 1. The molecule has 1 rings (SSSR count). The topological polar surface area (TPSA) is 47.0 Å². The lowest BCUT2D eigenvalue weighted by atomic mass is 9.95. The Morgan fingerprint density at radius 2 is 1.84 bits per heavy atom. The maximum Gasteiger partial charge on any atom is 0.574 e. The molecule has 0 amide bonds. The van der Waals surface area contributed by atoms with Gasteiger partial charge in [0.1, 0.15) is 5.82 Å². The zero-order valence-electron chi connectivity index (χ0n) is 10.6. The Morgan fingerprint density at radius 1 is 1.21 bits per heavy atom. The molecule has 0 bridgehead atoms. The fourth-order valence-corrected chi connectivity index (χ4v) is 1.92. The Balaban J connectivity index is 2.76. The van der Waals surface area contributed by atoms with Gasteiger partial charge in [-0.2, -0.15) is 0 Å². The highest BCUT2D eigenvalue weighted by atomic mass is 35.5. The van der Waals surface area contributed by atoms with Crippen molar-refractivity contribution < 1.29 is 17.9 Å². The second kappa shape index (κ2) is 6.27. The summed E-state index contributed by atoms with van der Waals surface area (Å²) in [6, 6.07) is 0. The van der Waals surface area contributed by atoms with Gasteiger partial charge < -0.3 is 10.1 Å². The Hall–Kier alpha value is -1.24. The molecule has 0 aromatic carbocycles. The SMILES string of the molecule is CCC(CC)(CCl)Nc1cnc(OC(F)(F)F)cn1. The highest BCUT2D eigenvalue weighted by molar-refractivity contribution is 6.18. The molecule has 0 unspecified atom stereocenters. The highest BCUT2D eigenvalue weighted by Crippen LogP contribution is 2.24. The highest BCUT2D eigenvalue weighted by Gasteiger charge is 2.32. The van der Waals surface area contributed by atoms with Crippen LogP contribution in [0.1, 0.15) is 26.7 Å². The number of halogens is 4. The first-order valence-electron chi connectivity index (χ1n) is 5.76. The zero-order chi connectivity index (χ0) is 14.5. The fraction of sp³-hybridized carbons (Fsp3) is 0.636. The molecule has 0 spiro atoms. The van der Waals surface area contributed by atoms with Crippen LogP contribution in [-0.2, 0) is 0 Å². The summed E-state index contributed by atoms with van der Waals surface area (Å²) < 4.78 is 39.5. The number of hydrogen-bond acceptors (Lipinski definition) is 4. The van der Waals surface area contributed by atoms with Gasteiger partial charge in [-0.05, 0) is 12.8 Å². The second-order valence-corrected chi connectivity index (χ2v) is 4.30. The van der Waals surface area contributed by atoms with Crippen LogP contribution in [-0.4, -0.2) is 27.7 Å². The summed E-state index contributed by atoms with van der Waals surface area (Å²) in [5.74, 6) is 0.129. The summed E-state index contributed by atoms with van der Waals surface area (Å²) in [7, 11) is 0. The van der Waals surface area contributed by atoms with Crippen LogP contribution >= 0.6 is 11.6 Å². The van der Waals surface area contributed by atoms with Crippen LogP contribution in [0.3, 0.4) is 0 Å².